The molecule has 0 aliphatic heterocycles. The molecule has 4 nitrogen and oxygen atoms in total. The number of rotatable bonds is 1. The summed E-state index contributed by atoms with van der Waals surface area (Å²) in [5, 5.41) is 35.1. The Bertz CT molecular complexity index is 413. The van der Waals surface area contributed by atoms with E-state index in [2.05, 4.69) is 15.9 Å². The normalized spacial score (nSPS) is 8.93. The van der Waals surface area contributed by atoms with Gasteiger partial charge >= 0.3 is 7.12 Å². The molecule has 0 saturated heterocycles. The van der Waals surface area contributed by atoms with E-state index in [1.165, 1.54) is 12.1 Å². The van der Waals surface area contributed by atoms with Crippen molar-refractivity contribution in [3.63, 3.8) is 0 Å². The Kier molecular flexibility index (Phi) is 3.26. The Morgan fingerprint density at radius 1 is 1.14 bits per heavy atom. The number of hydrogen-bond acceptors (Lipinski definition) is 4. The lowest BCUT2D eigenvalue weighted by atomic mass is 9.79. The van der Waals surface area contributed by atoms with Gasteiger partial charge < -0.3 is 10.0 Å². The van der Waals surface area contributed by atoms with Gasteiger partial charge in [0.25, 0.3) is 0 Å². The van der Waals surface area contributed by atoms with Crippen molar-refractivity contribution in [2.75, 3.05) is 0 Å². The van der Waals surface area contributed by atoms with E-state index in [9.17, 15) is 0 Å². The van der Waals surface area contributed by atoms with Crippen LogP contribution in [0.5, 0.6) is 0 Å². The molecule has 0 saturated carbocycles. The maximum Gasteiger partial charge on any atom is 0.488 e. The van der Waals surface area contributed by atoms with Crippen LogP contribution in [0.2, 0.25) is 0 Å². The van der Waals surface area contributed by atoms with Crippen molar-refractivity contribution in [2.24, 2.45) is 0 Å². The molecule has 0 amide bonds. The van der Waals surface area contributed by atoms with Gasteiger partial charge in [-0.2, -0.15) is 10.5 Å². The molecule has 0 bridgehead atoms. The number of nitrogens with zero attached hydrogens (tertiary/aromatic N) is 2. The first-order valence-electron chi connectivity index (χ1n) is 3.60. The molecule has 2 N–H and O–H groups in total. The average molecular weight is 251 g/mol. The van der Waals surface area contributed by atoms with Gasteiger partial charge in [0.1, 0.15) is 12.1 Å². The molecule has 0 spiro atoms. The molecule has 0 aliphatic rings. The van der Waals surface area contributed by atoms with E-state index in [4.69, 9.17) is 20.6 Å². The maximum atomic E-state index is 8.88. The minimum atomic E-state index is -1.68. The van der Waals surface area contributed by atoms with E-state index in [-0.39, 0.29) is 16.6 Å². The number of nitriles is 2. The molecular formula is C8H4BBrN2O2. The van der Waals surface area contributed by atoms with E-state index < -0.39 is 7.12 Å². The minimum absolute atomic E-state index is 0.126. The molecule has 14 heavy (non-hydrogen) atoms. The van der Waals surface area contributed by atoms with Gasteiger partial charge in [-0.15, -0.1) is 0 Å². The highest BCUT2D eigenvalue weighted by molar-refractivity contribution is 9.10. The van der Waals surface area contributed by atoms with Crippen LogP contribution in [0, 0.1) is 22.7 Å². The molecule has 0 aliphatic carbocycles. The van der Waals surface area contributed by atoms with Crippen LogP contribution in [0.25, 0.3) is 0 Å². The highest BCUT2D eigenvalue weighted by Crippen LogP contribution is 2.19. The van der Waals surface area contributed by atoms with Crippen LogP contribution in [0.4, 0.5) is 0 Å². The third-order valence-electron chi connectivity index (χ3n) is 1.63. The second kappa shape index (κ2) is 4.25. The van der Waals surface area contributed by atoms with Gasteiger partial charge in [0.2, 0.25) is 0 Å². The lowest BCUT2D eigenvalue weighted by Crippen LogP contribution is -2.30. The SMILES string of the molecule is N#Cc1cc(B(O)O)cc(C#N)c1Br. The average Bonchev–Trinajstić information content (AvgIpc) is 2.17. The molecule has 1 aromatic rings. The lowest BCUT2D eigenvalue weighted by Gasteiger charge is -2.03. The van der Waals surface area contributed by atoms with Gasteiger partial charge in [-0.25, -0.2) is 0 Å². The van der Waals surface area contributed by atoms with Crippen LogP contribution in [-0.2, 0) is 0 Å². The largest absolute Gasteiger partial charge is 0.488 e. The van der Waals surface area contributed by atoms with E-state index in [1.807, 2.05) is 12.1 Å². The fraction of sp³-hybridized carbons (Fsp3) is 0. The number of benzene rings is 1. The highest BCUT2D eigenvalue weighted by Gasteiger charge is 2.16. The summed E-state index contributed by atoms with van der Waals surface area (Å²) in [4.78, 5) is 0. The summed E-state index contributed by atoms with van der Waals surface area (Å²) in [6, 6.07) is 6.32. The smallest absolute Gasteiger partial charge is 0.423 e. The number of halogens is 1. The quantitative estimate of drug-likeness (QED) is 0.680. The van der Waals surface area contributed by atoms with E-state index in [0.29, 0.717) is 4.47 Å². The van der Waals surface area contributed by atoms with Gasteiger partial charge in [-0.05, 0) is 33.5 Å². The molecule has 0 fully saturated rings. The van der Waals surface area contributed by atoms with Crippen LogP contribution >= 0.6 is 15.9 Å². The fourth-order valence-corrected chi connectivity index (χ4v) is 1.36. The molecule has 0 aromatic heterocycles. The van der Waals surface area contributed by atoms with Crippen LogP contribution in [0.3, 0.4) is 0 Å². The van der Waals surface area contributed by atoms with Crippen LogP contribution in [0.1, 0.15) is 11.1 Å². The fourth-order valence-electron chi connectivity index (χ4n) is 0.959. The Morgan fingerprint density at radius 3 is 1.86 bits per heavy atom. The van der Waals surface area contributed by atoms with Crippen molar-refractivity contribution in [1.82, 2.24) is 0 Å². The molecule has 0 atom stereocenters. The Labute approximate surface area is 89.3 Å². The van der Waals surface area contributed by atoms with Gasteiger partial charge in [-0.1, -0.05) is 0 Å². The lowest BCUT2D eigenvalue weighted by molar-refractivity contribution is 0.425. The van der Waals surface area contributed by atoms with Crippen molar-refractivity contribution in [2.45, 2.75) is 0 Å². The number of hydrogen-bond donors (Lipinski definition) is 2. The summed E-state index contributed by atoms with van der Waals surface area (Å²) in [6.07, 6.45) is 0. The third-order valence-corrected chi connectivity index (χ3v) is 2.49. The predicted molar refractivity (Wildman–Crippen MR) is 53.4 cm³/mol. The predicted octanol–water partition coefficient (Wildman–Crippen LogP) is -0.128. The van der Waals surface area contributed by atoms with Crippen LogP contribution in [0.15, 0.2) is 16.6 Å². The summed E-state index contributed by atoms with van der Waals surface area (Å²) in [5.41, 5.74) is 0.528. The zero-order chi connectivity index (χ0) is 10.7. The summed E-state index contributed by atoms with van der Waals surface area (Å²) in [7, 11) is -1.68. The maximum absolute atomic E-state index is 8.88. The first kappa shape index (κ1) is 10.7. The van der Waals surface area contributed by atoms with Crippen LogP contribution < -0.4 is 5.46 Å². The Hall–Kier alpha value is -1.34. The van der Waals surface area contributed by atoms with Gasteiger partial charge in [0.15, 0.2) is 0 Å². The summed E-state index contributed by atoms with van der Waals surface area (Å²) >= 11 is 3.08. The minimum Gasteiger partial charge on any atom is -0.423 e. The summed E-state index contributed by atoms with van der Waals surface area (Å²) < 4.78 is 0.368. The third kappa shape index (κ3) is 1.94. The molecule has 0 unspecified atom stereocenters. The second-order valence-electron chi connectivity index (χ2n) is 2.53. The molecule has 1 rings (SSSR count). The molecule has 6 heteroatoms. The molecule has 1 aromatic carbocycles. The van der Waals surface area contributed by atoms with E-state index >= 15 is 0 Å². The monoisotopic (exact) mass is 250 g/mol. The zero-order valence-electron chi connectivity index (χ0n) is 6.90. The topological polar surface area (TPSA) is 88.0 Å². The van der Waals surface area contributed by atoms with Gasteiger partial charge in [0.05, 0.1) is 15.6 Å². The summed E-state index contributed by atoms with van der Waals surface area (Å²) in [6.45, 7) is 0. The summed E-state index contributed by atoms with van der Waals surface area (Å²) in [5.74, 6) is 0. The van der Waals surface area contributed by atoms with E-state index in [1.54, 1.807) is 0 Å². The van der Waals surface area contributed by atoms with Crippen molar-refractivity contribution in [3.05, 3.63) is 27.7 Å². The van der Waals surface area contributed by atoms with Crippen molar-refractivity contribution in [1.29, 1.82) is 10.5 Å². The van der Waals surface area contributed by atoms with Gasteiger partial charge in [0, 0.05) is 0 Å². The molecule has 0 radical (unpaired) electrons. The van der Waals surface area contributed by atoms with Crippen molar-refractivity contribution in [3.8, 4) is 12.1 Å². The second-order valence-corrected chi connectivity index (χ2v) is 3.32. The standard InChI is InChI=1S/C8H4BBrN2O2/c10-8-5(3-11)1-7(9(13)14)2-6(8)4-12/h1-2,13-14H. The first-order chi connectivity index (χ1) is 6.60. The van der Waals surface area contributed by atoms with Gasteiger partial charge in [-0.3, -0.25) is 0 Å². The first-order valence-corrected chi connectivity index (χ1v) is 4.39. The Morgan fingerprint density at radius 2 is 1.57 bits per heavy atom. The molecule has 68 valence electrons. The zero-order valence-corrected chi connectivity index (χ0v) is 8.48. The highest BCUT2D eigenvalue weighted by atomic mass is 79.9. The molecular weight excluding hydrogens is 247 g/mol. The van der Waals surface area contributed by atoms with Crippen molar-refractivity contribution < 1.29 is 10.0 Å². The van der Waals surface area contributed by atoms with E-state index in [0.717, 1.165) is 0 Å². The molecule has 0 heterocycles. The Balaban J connectivity index is 3.44. The van der Waals surface area contributed by atoms with Crippen molar-refractivity contribution >= 4 is 28.5 Å². The van der Waals surface area contributed by atoms with Crippen LogP contribution in [-0.4, -0.2) is 17.2 Å².